The van der Waals surface area contributed by atoms with Crippen LogP contribution in [0.4, 0.5) is 11.5 Å². The summed E-state index contributed by atoms with van der Waals surface area (Å²) >= 11 is 6.07. The Morgan fingerprint density at radius 3 is 2.69 bits per heavy atom. The molecule has 0 saturated carbocycles. The summed E-state index contributed by atoms with van der Waals surface area (Å²) in [5.41, 5.74) is 3.58. The van der Waals surface area contributed by atoms with Gasteiger partial charge in [-0.2, -0.15) is 0 Å². The number of benzene rings is 2. The Morgan fingerprint density at radius 1 is 1.10 bits per heavy atom. The smallest absolute Gasteiger partial charge is 0.270 e. The average molecular weight is 409 g/mol. The second-order valence-electron chi connectivity index (χ2n) is 6.91. The van der Waals surface area contributed by atoms with Crippen LogP contribution in [0.15, 0.2) is 54.6 Å². The Morgan fingerprint density at radius 2 is 1.86 bits per heavy atom. The van der Waals surface area contributed by atoms with E-state index in [2.05, 4.69) is 38.8 Å². The highest BCUT2D eigenvalue weighted by Gasteiger charge is 2.21. The van der Waals surface area contributed by atoms with E-state index in [0.717, 1.165) is 24.9 Å². The number of fused-ring (bicyclic) bond motifs is 1. The van der Waals surface area contributed by atoms with E-state index < -0.39 is 0 Å². The average Bonchev–Trinajstić information content (AvgIpc) is 2.73. The number of hydrogen-bond donors (Lipinski definition) is 2. The fourth-order valence-electron chi connectivity index (χ4n) is 3.56. The van der Waals surface area contributed by atoms with E-state index in [1.165, 1.54) is 11.1 Å². The van der Waals surface area contributed by atoms with E-state index >= 15 is 0 Å². The number of aryl methyl sites for hydroxylation is 1. The molecule has 6 nitrogen and oxygen atoms in total. The second-order valence-corrected chi connectivity index (χ2v) is 7.25. The summed E-state index contributed by atoms with van der Waals surface area (Å²) in [6, 6.07) is 17.4. The molecule has 0 saturated heterocycles. The molecular weight excluding hydrogens is 388 g/mol. The van der Waals surface area contributed by atoms with Crippen molar-refractivity contribution in [2.24, 2.45) is 0 Å². The Balaban J connectivity index is 1.49. The highest BCUT2D eigenvalue weighted by atomic mass is 35.5. The Bertz CT molecular complexity index is 1040. The van der Waals surface area contributed by atoms with Crippen LogP contribution in [-0.2, 0) is 12.8 Å². The predicted octanol–water partition coefficient (Wildman–Crippen LogP) is 4.17. The fraction of sp³-hybridized carbons (Fsp3) is 0.227. The maximum Gasteiger partial charge on any atom is 0.270 e. The number of aromatic nitrogens is 2. The van der Waals surface area contributed by atoms with E-state index in [4.69, 9.17) is 16.3 Å². The molecule has 1 heterocycles. The molecule has 0 radical (unpaired) electrons. The molecule has 1 amide bonds. The SMILES string of the molecule is COc1ccccc1Nc1cc(C(=O)NC2CCc3ccccc3C2)nc(Cl)n1. The van der Waals surface area contributed by atoms with E-state index in [1.54, 1.807) is 13.2 Å². The maximum atomic E-state index is 12.8. The van der Waals surface area contributed by atoms with Crippen molar-refractivity contribution < 1.29 is 9.53 Å². The third-order valence-electron chi connectivity index (χ3n) is 4.98. The minimum absolute atomic E-state index is 0.00374. The first-order chi connectivity index (χ1) is 14.1. The number of nitrogens with zero attached hydrogens (tertiary/aromatic N) is 2. The topological polar surface area (TPSA) is 76.1 Å². The quantitative estimate of drug-likeness (QED) is 0.619. The van der Waals surface area contributed by atoms with Gasteiger partial charge in [0.2, 0.25) is 5.28 Å². The van der Waals surface area contributed by atoms with Crippen molar-refractivity contribution in [3.63, 3.8) is 0 Å². The van der Waals surface area contributed by atoms with Gasteiger partial charge >= 0.3 is 0 Å². The summed E-state index contributed by atoms with van der Waals surface area (Å²) in [4.78, 5) is 21.1. The molecule has 7 heteroatoms. The number of carbonyl (C=O) groups excluding carboxylic acids is 1. The molecule has 1 unspecified atom stereocenters. The summed E-state index contributed by atoms with van der Waals surface area (Å²) in [5.74, 6) is 0.824. The van der Waals surface area contributed by atoms with Crippen molar-refractivity contribution in [1.82, 2.24) is 15.3 Å². The van der Waals surface area contributed by atoms with Crippen molar-refractivity contribution in [2.45, 2.75) is 25.3 Å². The zero-order chi connectivity index (χ0) is 20.2. The minimum Gasteiger partial charge on any atom is -0.495 e. The summed E-state index contributed by atoms with van der Waals surface area (Å²) in [6.45, 7) is 0. The first kappa shape index (κ1) is 19.2. The zero-order valence-corrected chi connectivity index (χ0v) is 16.7. The van der Waals surface area contributed by atoms with Gasteiger partial charge < -0.3 is 15.4 Å². The van der Waals surface area contributed by atoms with Crippen LogP contribution >= 0.6 is 11.6 Å². The van der Waals surface area contributed by atoms with Crippen molar-refractivity contribution in [3.05, 3.63) is 76.7 Å². The van der Waals surface area contributed by atoms with Crippen LogP contribution in [0.5, 0.6) is 5.75 Å². The van der Waals surface area contributed by atoms with Crippen LogP contribution in [0, 0.1) is 0 Å². The lowest BCUT2D eigenvalue weighted by atomic mass is 9.88. The van der Waals surface area contributed by atoms with Crippen molar-refractivity contribution in [3.8, 4) is 5.75 Å². The molecule has 0 aliphatic heterocycles. The normalized spacial score (nSPS) is 15.3. The van der Waals surface area contributed by atoms with Gasteiger partial charge in [-0.3, -0.25) is 4.79 Å². The molecule has 3 aromatic rings. The van der Waals surface area contributed by atoms with Gasteiger partial charge in [0.15, 0.2) is 0 Å². The number of hydrogen-bond acceptors (Lipinski definition) is 5. The van der Waals surface area contributed by atoms with Crippen molar-refractivity contribution in [1.29, 1.82) is 0 Å². The first-order valence-corrected chi connectivity index (χ1v) is 9.82. The van der Waals surface area contributed by atoms with E-state index in [-0.39, 0.29) is 22.9 Å². The lowest BCUT2D eigenvalue weighted by Gasteiger charge is -2.25. The maximum absolute atomic E-state index is 12.8. The molecule has 2 N–H and O–H groups in total. The number of nitrogens with one attached hydrogen (secondary N) is 2. The molecule has 1 aliphatic rings. The van der Waals surface area contributed by atoms with Gasteiger partial charge in [0.05, 0.1) is 12.8 Å². The predicted molar refractivity (Wildman–Crippen MR) is 113 cm³/mol. The molecule has 1 aliphatic carbocycles. The van der Waals surface area contributed by atoms with Crippen molar-refractivity contribution in [2.75, 3.05) is 12.4 Å². The number of methoxy groups -OCH3 is 1. The summed E-state index contributed by atoms with van der Waals surface area (Å²) in [6.07, 6.45) is 2.66. The third kappa shape index (κ3) is 4.49. The summed E-state index contributed by atoms with van der Waals surface area (Å²) in [7, 11) is 1.59. The molecule has 29 heavy (non-hydrogen) atoms. The Labute approximate surface area is 174 Å². The first-order valence-electron chi connectivity index (χ1n) is 9.44. The van der Waals surface area contributed by atoms with E-state index in [0.29, 0.717) is 11.6 Å². The number of rotatable bonds is 5. The number of halogens is 1. The lowest BCUT2D eigenvalue weighted by molar-refractivity contribution is 0.0928. The van der Waals surface area contributed by atoms with Gasteiger partial charge in [-0.15, -0.1) is 0 Å². The Hall–Kier alpha value is -3.12. The molecule has 148 valence electrons. The van der Waals surface area contributed by atoms with Gasteiger partial charge in [0.1, 0.15) is 17.3 Å². The van der Waals surface area contributed by atoms with Gasteiger partial charge in [-0.1, -0.05) is 36.4 Å². The van der Waals surface area contributed by atoms with Crippen LogP contribution in [-0.4, -0.2) is 29.0 Å². The van der Waals surface area contributed by atoms with Crippen LogP contribution < -0.4 is 15.4 Å². The zero-order valence-electron chi connectivity index (χ0n) is 16.0. The fourth-order valence-corrected chi connectivity index (χ4v) is 3.75. The van der Waals surface area contributed by atoms with Gasteiger partial charge in [-0.05, 0) is 54.1 Å². The lowest BCUT2D eigenvalue weighted by Crippen LogP contribution is -2.39. The summed E-state index contributed by atoms with van der Waals surface area (Å²) in [5, 5.41) is 6.22. The monoisotopic (exact) mass is 408 g/mol. The molecule has 0 fully saturated rings. The van der Waals surface area contributed by atoms with E-state index in [1.807, 2.05) is 30.3 Å². The van der Waals surface area contributed by atoms with Crippen molar-refractivity contribution >= 4 is 29.0 Å². The third-order valence-corrected chi connectivity index (χ3v) is 5.15. The molecule has 1 atom stereocenters. The molecular formula is C22H21ClN4O2. The number of ether oxygens (including phenoxy) is 1. The minimum atomic E-state index is -0.262. The molecule has 1 aromatic heterocycles. The molecule has 2 aromatic carbocycles. The number of amides is 1. The highest BCUT2D eigenvalue weighted by molar-refractivity contribution is 6.28. The van der Waals surface area contributed by atoms with Gasteiger partial charge in [0.25, 0.3) is 5.91 Å². The van der Waals surface area contributed by atoms with Gasteiger partial charge in [0, 0.05) is 12.1 Å². The van der Waals surface area contributed by atoms with Crippen LogP contribution in [0.25, 0.3) is 0 Å². The van der Waals surface area contributed by atoms with Crippen LogP contribution in [0.2, 0.25) is 5.28 Å². The van der Waals surface area contributed by atoms with Crippen LogP contribution in [0.3, 0.4) is 0 Å². The highest BCUT2D eigenvalue weighted by Crippen LogP contribution is 2.27. The molecule has 4 rings (SSSR count). The second kappa shape index (κ2) is 8.49. The largest absolute Gasteiger partial charge is 0.495 e. The Kier molecular flexibility index (Phi) is 5.62. The number of anilines is 2. The molecule has 0 bridgehead atoms. The van der Waals surface area contributed by atoms with Crippen LogP contribution in [0.1, 0.15) is 28.0 Å². The number of carbonyl (C=O) groups is 1. The standard InChI is InChI=1S/C22H21ClN4O2/c1-29-19-9-5-4-8-17(19)25-20-13-18(26-22(23)27-20)21(28)24-16-11-10-14-6-2-3-7-15(14)12-16/h2-9,13,16H,10-12H2,1H3,(H,24,28)(H,25,26,27). The molecule has 0 spiro atoms. The summed E-state index contributed by atoms with van der Waals surface area (Å²) < 4.78 is 5.34. The van der Waals surface area contributed by atoms with Gasteiger partial charge in [-0.25, -0.2) is 9.97 Å². The number of para-hydroxylation sites is 2. The van der Waals surface area contributed by atoms with E-state index in [9.17, 15) is 4.79 Å².